The number of ether oxygens (including phenoxy) is 1. The van der Waals surface area contributed by atoms with Gasteiger partial charge in [0.2, 0.25) is 0 Å². The van der Waals surface area contributed by atoms with Gasteiger partial charge in [0.25, 0.3) is 6.71 Å². The molecule has 0 saturated heterocycles. The maximum absolute atomic E-state index is 7.59. The van der Waals surface area contributed by atoms with E-state index in [9.17, 15) is 0 Å². The maximum Gasteiger partial charge on any atom is 0.256 e. The molecule has 12 aromatic carbocycles. The van der Waals surface area contributed by atoms with Crippen LogP contribution in [-0.4, -0.2) is 15.8 Å². The van der Waals surface area contributed by atoms with Gasteiger partial charge in [0.1, 0.15) is 33.8 Å². The van der Waals surface area contributed by atoms with Crippen molar-refractivity contribution in [3.05, 3.63) is 254 Å². The van der Waals surface area contributed by atoms with Crippen molar-refractivity contribution in [1.82, 2.24) is 9.13 Å². The van der Waals surface area contributed by atoms with Crippen LogP contribution < -0.4 is 26.0 Å². The van der Waals surface area contributed by atoms with E-state index in [0.717, 1.165) is 139 Å². The molecule has 0 fully saturated rings. The molecule has 2 aliphatic rings. The number of para-hydroxylation sites is 6. The van der Waals surface area contributed by atoms with E-state index in [1.807, 2.05) is 18.2 Å². The van der Waals surface area contributed by atoms with E-state index in [2.05, 4.69) is 265 Å². The van der Waals surface area contributed by atoms with Crippen LogP contribution in [0.15, 0.2) is 258 Å². The Bertz CT molecular complexity index is 5330. The first kappa shape index (κ1) is 46.3. The number of benzene rings is 12. The lowest BCUT2D eigenvalue weighted by Gasteiger charge is -2.41. The number of hydrogen-bond donors (Lipinski definition) is 0. The summed E-state index contributed by atoms with van der Waals surface area (Å²) in [6.45, 7) is 6.71. The largest absolute Gasteiger partial charge is 0.458 e. The van der Waals surface area contributed by atoms with E-state index in [1.165, 1.54) is 32.6 Å². The minimum atomic E-state index is -0.192. The van der Waals surface area contributed by atoms with Crippen LogP contribution in [0.4, 0.5) is 17.1 Å². The minimum Gasteiger partial charge on any atom is -0.458 e. The predicted molar refractivity (Wildman–Crippen MR) is 345 cm³/mol. The van der Waals surface area contributed by atoms with Crippen LogP contribution in [0.2, 0.25) is 0 Å². The molecule has 4 aromatic heterocycles. The standard InChI is InChI=1S/C76H50BN3O3/c1-76(2,3)47-32-37-64(57(42-47)45-18-5-4-6-19-45)80-65-43-48(78-60-27-12-7-20-51(60)52-21-8-13-28-61(52)78)33-35-58(65)77-59-36-34-49(79-62-29-14-9-22-53(62)54-23-10-15-30-63(54)79)44-70(59)82-71-41-46(40-66(80)74(71)77)50-25-17-26-56-73-69(83-75(50)56)39-38-68-72(73)55-24-11-16-31-67(55)81-68/h4-44H,1-3H3. The molecule has 0 radical (unpaired) electrons. The van der Waals surface area contributed by atoms with Gasteiger partial charge in [-0.2, -0.15) is 0 Å². The molecular formula is C76H50BN3O3. The third kappa shape index (κ3) is 6.62. The zero-order valence-corrected chi connectivity index (χ0v) is 45.8. The van der Waals surface area contributed by atoms with Gasteiger partial charge in [0.15, 0.2) is 0 Å². The quantitative estimate of drug-likeness (QED) is 0.161. The number of nitrogens with zero attached hydrogens (tertiary/aromatic N) is 3. The summed E-state index contributed by atoms with van der Waals surface area (Å²) in [4.78, 5) is 2.54. The lowest BCUT2D eigenvalue weighted by molar-refractivity contribution is 0.487. The molecule has 390 valence electrons. The fourth-order valence-electron chi connectivity index (χ4n) is 14.2. The van der Waals surface area contributed by atoms with Crippen molar-refractivity contribution in [2.75, 3.05) is 4.90 Å². The first-order valence-corrected chi connectivity index (χ1v) is 28.7. The summed E-state index contributed by atoms with van der Waals surface area (Å²) in [7, 11) is 0. The molecule has 0 aliphatic carbocycles. The van der Waals surface area contributed by atoms with Crippen molar-refractivity contribution in [1.29, 1.82) is 0 Å². The summed E-state index contributed by atoms with van der Waals surface area (Å²) >= 11 is 0. The topological polar surface area (TPSA) is 48.6 Å². The van der Waals surface area contributed by atoms with Crippen LogP contribution >= 0.6 is 0 Å². The Morgan fingerprint density at radius 3 is 1.59 bits per heavy atom. The number of anilines is 3. The summed E-state index contributed by atoms with van der Waals surface area (Å²) in [6, 6.07) is 90.7. The number of rotatable bonds is 5. The summed E-state index contributed by atoms with van der Waals surface area (Å²) in [6.07, 6.45) is 0. The number of fused-ring (bicyclic) bond motifs is 17. The zero-order chi connectivity index (χ0) is 54.8. The van der Waals surface area contributed by atoms with Crippen LogP contribution in [0.3, 0.4) is 0 Å². The molecule has 18 rings (SSSR count). The summed E-state index contributed by atoms with van der Waals surface area (Å²) in [5.74, 6) is 1.63. The molecule has 6 heterocycles. The van der Waals surface area contributed by atoms with Crippen molar-refractivity contribution < 1.29 is 13.6 Å². The molecular weight excluding hydrogens is 1010 g/mol. The molecule has 0 atom stereocenters. The molecule has 7 heteroatoms. The Morgan fingerprint density at radius 2 is 0.928 bits per heavy atom. The highest BCUT2D eigenvalue weighted by Crippen LogP contribution is 2.50. The van der Waals surface area contributed by atoms with Gasteiger partial charge in [-0.15, -0.1) is 0 Å². The van der Waals surface area contributed by atoms with E-state index >= 15 is 0 Å². The van der Waals surface area contributed by atoms with E-state index in [-0.39, 0.29) is 12.1 Å². The highest BCUT2D eigenvalue weighted by molar-refractivity contribution is 6.99. The normalized spacial score (nSPS) is 13.0. The third-order valence-corrected chi connectivity index (χ3v) is 17.9. The van der Waals surface area contributed by atoms with Gasteiger partial charge in [-0.1, -0.05) is 178 Å². The van der Waals surface area contributed by atoms with Gasteiger partial charge >= 0.3 is 0 Å². The molecule has 0 saturated carbocycles. The molecule has 16 aromatic rings. The summed E-state index contributed by atoms with van der Waals surface area (Å²) < 4.78 is 26.0. The van der Waals surface area contributed by atoms with Crippen LogP contribution in [0.5, 0.6) is 11.5 Å². The lowest BCUT2D eigenvalue weighted by Crippen LogP contribution is -2.59. The van der Waals surface area contributed by atoms with Crippen LogP contribution in [-0.2, 0) is 5.41 Å². The predicted octanol–water partition coefficient (Wildman–Crippen LogP) is 18.7. The van der Waals surface area contributed by atoms with Crippen molar-refractivity contribution in [2.24, 2.45) is 0 Å². The second-order valence-corrected chi connectivity index (χ2v) is 23.5. The van der Waals surface area contributed by atoms with Crippen molar-refractivity contribution >= 4 is 128 Å². The summed E-state index contributed by atoms with van der Waals surface area (Å²) in [5, 5.41) is 9.08. The van der Waals surface area contributed by atoms with Gasteiger partial charge < -0.3 is 27.6 Å². The second-order valence-electron chi connectivity index (χ2n) is 23.5. The van der Waals surface area contributed by atoms with E-state index in [4.69, 9.17) is 13.6 Å². The summed E-state index contributed by atoms with van der Waals surface area (Å²) in [5.41, 5.74) is 22.1. The third-order valence-electron chi connectivity index (χ3n) is 17.9. The van der Waals surface area contributed by atoms with Crippen LogP contribution in [0, 0.1) is 0 Å². The number of aromatic nitrogens is 2. The van der Waals surface area contributed by atoms with E-state index in [1.54, 1.807) is 0 Å². The molecule has 6 nitrogen and oxygen atoms in total. The fourth-order valence-corrected chi connectivity index (χ4v) is 14.2. The monoisotopic (exact) mass is 1060 g/mol. The van der Waals surface area contributed by atoms with Crippen LogP contribution in [0.25, 0.3) is 121 Å². The Labute approximate surface area is 478 Å². The molecule has 2 aliphatic heterocycles. The van der Waals surface area contributed by atoms with Crippen LogP contribution in [0.1, 0.15) is 26.3 Å². The Balaban J connectivity index is 0.945. The van der Waals surface area contributed by atoms with Crippen molar-refractivity contribution in [3.63, 3.8) is 0 Å². The first-order chi connectivity index (χ1) is 40.8. The SMILES string of the molecule is CC(C)(C)c1ccc(N2c3cc(-n4c5ccccc5c5ccccc54)ccc3B3c4ccc(-n5c6ccccc6c6ccccc65)cc4Oc4cc(-c5cccc6c5oc5ccc7oc8ccccc8c7c56)cc2c43)c(-c2ccccc2)c1. The van der Waals surface area contributed by atoms with E-state index in [0.29, 0.717) is 0 Å². The smallest absolute Gasteiger partial charge is 0.256 e. The van der Waals surface area contributed by atoms with Gasteiger partial charge in [-0.25, -0.2) is 0 Å². The molecule has 0 bridgehead atoms. The number of furan rings is 2. The first-order valence-electron chi connectivity index (χ1n) is 28.7. The Kier molecular flexibility index (Phi) is 9.49. The highest BCUT2D eigenvalue weighted by atomic mass is 16.5. The minimum absolute atomic E-state index is 0.106. The molecule has 0 N–H and O–H groups in total. The second kappa shape index (κ2) is 17.0. The van der Waals surface area contributed by atoms with E-state index < -0.39 is 0 Å². The van der Waals surface area contributed by atoms with Gasteiger partial charge in [-0.3, -0.25) is 0 Å². The molecule has 0 unspecified atom stereocenters. The van der Waals surface area contributed by atoms with Crippen molar-refractivity contribution in [2.45, 2.75) is 26.2 Å². The highest BCUT2D eigenvalue weighted by Gasteiger charge is 2.43. The average molecular weight is 1060 g/mol. The fraction of sp³-hybridized carbons (Fsp3) is 0.0526. The zero-order valence-electron chi connectivity index (χ0n) is 45.8. The van der Waals surface area contributed by atoms with Gasteiger partial charge in [0.05, 0.1) is 27.8 Å². The molecule has 0 amide bonds. The maximum atomic E-state index is 7.59. The average Bonchev–Trinajstić information content (AvgIpc) is 3.14. The molecule has 83 heavy (non-hydrogen) atoms. The van der Waals surface area contributed by atoms with Gasteiger partial charge in [-0.05, 0) is 123 Å². The lowest BCUT2D eigenvalue weighted by atomic mass is 9.34. The molecule has 0 spiro atoms. The van der Waals surface area contributed by atoms with Gasteiger partial charge in [0, 0.05) is 83.0 Å². The number of hydrogen-bond acceptors (Lipinski definition) is 4. The van der Waals surface area contributed by atoms with Crippen molar-refractivity contribution in [3.8, 4) is 45.1 Å². The Hall–Kier alpha value is -10.5. The Morgan fingerprint density at radius 1 is 0.361 bits per heavy atom.